The number of carbonyl (C=O) groups is 1. The van der Waals surface area contributed by atoms with Crippen LogP contribution < -0.4 is 0 Å². The first-order valence-electron chi connectivity index (χ1n) is 5.55. The molecule has 0 heterocycles. The zero-order valence-corrected chi connectivity index (χ0v) is 10.4. The van der Waals surface area contributed by atoms with Gasteiger partial charge in [-0.25, -0.2) is 0 Å². The molecule has 1 rings (SSSR count). The lowest BCUT2D eigenvalue weighted by Crippen LogP contribution is -2.43. The topological polar surface area (TPSA) is 17.1 Å². The van der Waals surface area contributed by atoms with Gasteiger partial charge in [0, 0.05) is 0 Å². The van der Waals surface area contributed by atoms with Gasteiger partial charge in [-0.1, -0.05) is 42.5 Å². The van der Waals surface area contributed by atoms with E-state index in [4.69, 9.17) is 0 Å². The van der Waals surface area contributed by atoms with E-state index in [0.29, 0.717) is 0 Å². The van der Waals surface area contributed by atoms with Gasteiger partial charge in [0.1, 0.15) is 0 Å². The fraction of sp³-hybridized carbons (Fsp3) is 0.214. The van der Waals surface area contributed by atoms with Crippen molar-refractivity contribution in [1.29, 1.82) is 0 Å². The van der Waals surface area contributed by atoms with E-state index in [9.17, 15) is 26.7 Å². The molecule has 1 aromatic carbocycles. The molecule has 1 nitrogen and oxygen atoms in total. The minimum Gasteiger partial charge on any atom is -0.288 e. The number of allylic oxidation sites excluding steroid dienone is 3. The van der Waals surface area contributed by atoms with Crippen molar-refractivity contribution in [2.24, 2.45) is 0 Å². The Labute approximate surface area is 112 Å². The van der Waals surface area contributed by atoms with Crippen LogP contribution in [-0.4, -0.2) is 17.9 Å². The van der Waals surface area contributed by atoms with Gasteiger partial charge in [-0.05, 0) is 24.1 Å². The molecular weight excluding hydrogens is 279 g/mol. The number of benzene rings is 1. The van der Waals surface area contributed by atoms with Crippen molar-refractivity contribution in [3.05, 3.63) is 53.6 Å². The summed E-state index contributed by atoms with van der Waals surface area (Å²) in [5.74, 6) is -7.64. The quantitative estimate of drug-likeness (QED) is 0.456. The lowest BCUT2D eigenvalue weighted by atomic mass is 10.1. The molecule has 20 heavy (non-hydrogen) atoms. The molecule has 6 heteroatoms. The summed E-state index contributed by atoms with van der Waals surface area (Å²) < 4.78 is 61.3. The van der Waals surface area contributed by atoms with Gasteiger partial charge in [-0.15, -0.1) is 0 Å². The summed E-state index contributed by atoms with van der Waals surface area (Å²) in [6.07, 6.45) is -2.80. The van der Waals surface area contributed by atoms with E-state index in [-0.39, 0.29) is 11.6 Å². The molecular formula is C14H11F5O. The van der Waals surface area contributed by atoms with Crippen molar-refractivity contribution >= 4 is 11.9 Å². The maximum absolute atomic E-state index is 12.7. The van der Waals surface area contributed by atoms with Crippen molar-refractivity contribution in [2.45, 2.75) is 19.0 Å². The summed E-state index contributed by atoms with van der Waals surface area (Å²) in [7, 11) is 0. The number of halogens is 5. The molecule has 0 atom stereocenters. The molecule has 0 amide bonds. The van der Waals surface area contributed by atoms with Gasteiger partial charge in [0.25, 0.3) is 0 Å². The third-order valence-electron chi connectivity index (χ3n) is 2.36. The minimum atomic E-state index is -5.88. The smallest absolute Gasteiger partial charge is 0.288 e. The summed E-state index contributed by atoms with van der Waals surface area (Å²) in [6, 6.07) is 8.68. The minimum absolute atomic E-state index is 0.00257. The molecule has 0 unspecified atom stereocenters. The van der Waals surface area contributed by atoms with Crippen molar-refractivity contribution in [2.75, 3.05) is 0 Å². The van der Waals surface area contributed by atoms with Gasteiger partial charge in [-0.2, -0.15) is 22.0 Å². The molecule has 0 aliphatic rings. The summed E-state index contributed by atoms with van der Waals surface area (Å²) in [5, 5.41) is 0. The van der Waals surface area contributed by atoms with Crippen molar-refractivity contribution in [1.82, 2.24) is 0 Å². The van der Waals surface area contributed by atoms with Gasteiger partial charge < -0.3 is 0 Å². The summed E-state index contributed by atoms with van der Waals surface area (Å²) >= 11 is 0. The molecule has 0 spiro atoms. The maximum Gasteiger partial charge on any atom is 0.461 e. The fourth-order valence-electron chi connectivity index (χ4n) is 1.28. The van der Waals surface area contributed by atoms with Crippen LogP contribution in [0.2, 0.25) is 0 Å². The second kappa shape index (κ2) is 5.98. The summed E-state index contributed by atoms with van der Waals surface area (Å²) in [5.41, 5.74) is 0.734. The predicted molar refractivity (Wildman–Crippen MR) is 65.2 cm³/mol. The number of hydrogen-bond donors (Lipinski definition) is 0. The van der Waals surface area contributed by atoms with Crippen LogP contribution in [0.15, 0.2) is 48.1 Å². The van der Waals surface area contributed by atoms with Crippen LogP contribution in [-0.2, 0) is 4.79 Å². The van der Waals surface area contributed by atoms with Crippen LogP contribution in [0.4, 0.5) is 22.0 Å². The molecule has 1 aromatic rings. The molecule has 0 aliphatic heterocycles. The van der Waals surface area contributed by atoms with E-state index in [2.05, 4.69) is 0 Å². The lowest BCUT2D eigenvalue weighted by Gasteiger charge is -2.16. The van der Waals surface area contributed by atoms with E-state index >= 15 is 0 Å². The predicted octanol–water partition coefficient (Wildman–Crippen LogP) is 4.41. The molecule has 0 N–H and O–H groups in total. The largest absolute Gasteiger partial charge is 0.461 e. The molecule has 0 saturated heterocycles. The van der Waals surface area contributed by atoms with Gasteiger partial charge in [0.2, 0.25) is 5.78 Å². The van der Waals surface area contributed by atoms with E-state index in [1.165, 1.54) is 19.1 Å². The lowest BCUT2D eigenvalue weighted by molar-refractivity contribution is -0.266. The normalized spacial score (nSPS) is 13.8. The number of carbonyl (C=O) groups excluding carboxylic acids is 1. The highest BCUT2D eigenvalue weighted by Gasteiger charge is 2.62. The Hall–Kier alpha value is -1.98. The van der Waals surface area contributed by atoms with Gasteiger partial charge >= 0.3 is 12.1 Å². The summed E-state index contributed by atoms with van der Waals surface area (Å²) in [4.78, 5) is 11.0. The van der Waals surface area contributed by atoms with Gasteiger partial charge in [0.15, 0.2) is 0 Å². The molecule has 0 bridgehead atoms. The number of hydrogen-bond acceptors (Lipinski definition) is 1. The van der Waals surface area contributed by atoms with Crippen LogP contribution in [0.3, 0.4) is 0 Å². The van der Waals surface area contributed by atoms with Crippen LogP contribution in [0.25, 0.3) is 6.08 Å². The maximum atomic E-state index is 12.7. The summed E-state index contributed by atoms with van der Waals surface area (Å²) in [6.45, 7) is 1.27. The number of ketones is 1. The standard InChI is InChI=1S/C14H11F5O/c1-10(7-8-11-5-3-2-4-6-11)9-12(20)13(15,16)14(17,18)19/h2-9H,1H3/b8-7+,10-9+. The first kappa shape index (κ1) is 16.1. The zero-order valence-electron chi connectivity index (χ0n) is 10.4. The van der Waals surface area contributed by atoms with E-state index in [1.807, 2.05) is 0 Å². The van der Waals surface area contributed by atoms with Crippen LogP contribution in [0.5, 0.6) is 0 Å². The number of alkyl halides is 5. The SMILES string of the molecule is CC(/C=C/c1ccccc1)=C\C(=O)C(F)(F)C(F)(F)F. The Bertz CT molecular complexity index is 526. The molecule has 0 saturated carbocycles. The van der Waals surface area contributed by atoms with E-state index in [1.54, 1.807) is 30.3 Å². The monoisotopic (exact) mass is 290 g/mol. The van der Waals surface area contributed by atoms with Crippen molar-refractivity contribution in [3.8, 4) is 0 Å². The van der Waals surface area contributed by atoms with Gasteiger partial charge in [-0.3, -0.25) is 4.79 Å². The van der Waals surface area contributed by atoms with E-state index in [0.717, 1.165) is 5.56 Å². The second-order valence-corrected chi connectivity index (χ2v) is 4.07. The highest BCUT2D eigenvalue weighted by molar-refractivity contribution is 5.97. The number of rotatable bonds is 4. The van der Waals surface area contributed by atoms with Crippen LogP contribution >= 0.6 is 0 Å². The highest BCUT2D eigenvalue weighted by atomic mass is 19.4. The van der Waals surface area contributed by atoms with Crippen LogP contribution in [0, 0.1) is 0 Å². The molecule has 0 radical (unpaired) electrons. The van der Waals surface area contributed by atoms with E-state index < -0.39 is 17.9 Å². The molecule has 108 valence electrons. The Kier molecular flexibility index (Phi) is 4.81. The van der Waals surface area contributed by atoms with Gasteiger partial charge in [0.05, 0.1) is 0 Å². The fourth-order valence-corrected chi connectivity index (χ4v) is 1.28. The molecule has 0 aromatic heterocycles. The van der Waals surface area contributed by atoms with Crippen molar-refractivity contribution < 1.29 is 26.7 Å². The molecule has 0 fully saturated rings. The average molecular weight is 290 g/mol. The Morgan fingerprint density at radius 2 is 1.60 bits per heavy atom. The second-order valence-electron chi connectivity index (χ2n) is 4.07. The van der Waals surface area contributed by atoms with Crippen LogP contribution in [0.1, 0.15) is 12.5 Å². The average Bonchev–Trinajstić information content (AvgIpc) is 2.36. The first-order valence-corrected chi connectivity index (χ1v) is 5.55. The zero-order chi connectivity index (χ0) is 15.4. The Balaban J connectivity index is 2.85. The van der Waals surface area contributed by atoms with Crippen molar-refractivity contribution in [3.63, 3.8) is 0 Å². The Morgan fingerprint density at radius 1 is 1.05 bits per heavy atom. The third-order valence-corrected chi connectivity index (χ3v) is 2.36. The highest BCUT2D eigenvalue weighted by Crippen LogP contribution is 2.36. The molecule has 0 aliphatic carbocycles. The third kappa shape index (κ3) is 4.01. The Morgan fingerprint density at radius 3 is 2.10 bits per heavy atom. The first-order chi connectivity index (χ1) is 9.14.